The van der Waals surface area contributed by atoms with E-state index in [2.05, 4.69) is 23.2 Å². The van der Waals surface area contributed by atoms with Gasteiger partial charge in [0.05, 0.1) is 21.3 Å². The van der Waals surface area contributed by atoms with E-state index < -0.39 is 0 Å². The van der Waals surface area contributed by atoms with Gasteiger partial charge < -0.3 is 29.2 Å². The van der Waals surface area contributed by atoms with Crippen LogP contribution in [0.5, 0.6) is 28.7 Å². The smallest absolute Gasteiger partial charge is 0.203 e. The highest BCUT2D eigenvalue weighted by molar-refractivity contribution is 5.61. The molecule has 1 aliphatic heterocycles. The third kappa shape index (κ3) is 3.65. The fourth-order valence-electron chi connectivity index (χ4n) is 3.20. The van der Waals surface area contributed by atoms with Crippen molar-refractivity contribution in [1.29, 1.82) is 0 Å². The zero-order chi connectivity index (χ0) is 18.5. The van der Waals surface area contributed by atoms with Gasteiger partial charge >= 0.3 is 0 Å². The summed E-state index contributed by atoms with van der Waals surface area (Å²) in [5, 5.41) is 3.38. The number of methoxy groups -OCH3 is 3. The van der Waals surface area contributed by atoms with Crippen molar-refractivity contribution in [2.24, 2.45) is 0 Å². The molecule has 0 radical (unpaired) electrons. The van der Waals surface area contributed by atoms with Gasteiger partial charge in [0.15, 0.2) is 11.5 Å². The predicted octanol–water partition coefficient (Wildman–Crippen LogP) is 3.22. The molecule has 140 valence electrons. The summed E-state index contributed by atoms with van der Waals surface area (Å²) in [6, 6.07) is 9.75. The van der Waals surface area contributed by atoms with E-state index in [0.717, 1.165) is 37.5 Å². The van der Waals surface area contributed by atoms with Gasteiger partial charge in [-0.2, -0.15) is 0 Å². The summed E-state index contributed by atoms with van der Waals surface area (Å²) >= 11 is 0. The quantitative estimate of drug-likeness (QED) is 0.856. The van der Waals surface area contributed by atoms with Crippen LogP contribution in [-0.4, -0.2) is 47.5 Å². The number of anilines is 1. The van der Waals surface area contributed by atoms with Crippen LogP contribution < -0.4 is 29.2 Å². The highest BCUT2D eigenvalue weighted by Gasteiger charge is 2.17. The zero-order valence-electron chi connectivity index (χ0n) is 15.8. The van der Waals surface area contributed by atoms with Crippen LogP contribution in [0.1, 0.15) is 5.56 Å². The van der Waals surface area contributed by atoms with Crippen LogP contribution in [0.4, 0.5) is 5.69 Å². The molecule has 0 aliphatic carbocycles. The van der Waals surface area contributed by atoms with E-state index >= 15 is 0 Å². The molecular weight excluding hydrogens is 332 g/mol. The first-order chi connectivity index (χ1) is 12.7. The molecular formula is C20H26N2O4. The van der Waals surface area contributed by atoms with E-state index in [4.69, 9.17) is 18.9 Å². The molecule has 6 nitrogen and oxygen atoms in total. The second-order valence-corrected chi connectivity index (χ2v) is 6.10. The lowest BCUT2D eigenvalue weighted by Crippen LogP contribution is -2.43. The molecule has 6 heteroatoms. The normalized spacial score (nSPS) is 14.1. The molecule has 0 saturated carbocycles. The first-order valence-electron chi connectivity index (χ1n) is 8.71. The Hall–Kier alpha value is -2.60. The van der Waals surface area contributed by atoms with E-state index in [1.807, 2.05) is 12.1 Å². The standard InChI is InChI=1S/C20H26N2O4/c1-14-16(22-10-8-21-9-11-22)6-5-7-17(14)26-15-12-18(23-2)20(25-4)19(13-15)24-3/h5-7,12-13,21H,8-11H2,1-4H3. The third-order valence-electron chi connectivity index (χ3n) is 4.58. The van der Waals surface area contributed by atoms with E-state index in [-0.39, 0.29) is 0 Å². The number of hydrogen-bond acceptors (Lipinski definition) is 6. The minimum atomic E-state index is 0.550. The molecule has 0 aromatic heterocycles. The fraction of sp³-hybridized carbons (Fsp3) is 0.400. The van der Waals surface area contributed by atoms with Crippen molar-refractivity contribution in [2.45, 2.75) is 6.92 Å². The molecule has 0 atom stereocenters. The Morgan fingerprint density at radius 1 is 0.885 bits per heavy atom. The van der Waals surface area contributed by atoms with Gasteiger partial charge in [0.25, 0.3) is 0 Å². The second kappa shape index (κ2) is 8.19. The van der Waals surface area contributed by atoms with Crippen molar-refractivity contribution in [1.82, 2.24) is 5.32 Å². The molecule has 0 bridgehead atoms. The van der Waals surface area contributed by atoms with Gasteiger partial charge in [-0.15, -0.1) is 0 Å². The van der Waals surface area contributed by atoms with Crippen LogP contribution in [0.2, 0.25) is 0 Å². The van der Waals surface area contributed by atoms with Crippen molar-refractivity contribution >= 4 is 5.69 Å². The zero-order valence-corrected chi connectivity index (χ0v) is 15.8. The number of nitrogens with zero attached hydrogens (tertiary/aromatic N) is 1. The first kappa shape index (κ1) is 18.2. The lowest BCUT2D eigenvalue weighted by atomic mass is 10.1. The van der Waals surface area contributed by atoms with Crippen LogP contribution >= 0.6 is 0 Å². The van der Waals surface area contributed by atoms with E-state index in [0.29, 0.717) is 23.0 Å². The minimum absolute atomic E-state index is 0.550. The van der Waals surface area contributed by atoms with Crippen molar-refractivity contribution in [3.05, 3.63) is 35.9 Å². The summed E-state index contributed by atoms with van der Waals surface area (Å²) in [6.07, 6.45) is 0. The summed E-state index contributed by atoms with van der Waals surface area (Å²) in [7, 11) is 4.77. The highest BCUT2D eigenvalue weighted by atomic mass is 16.5. The topological polar surface area (TPSA) is 52.2 Å². The van der Waals surface area contributed by atoms with E-state index in [1.165, 1.54) is 5.69 Å². The fourth-order valence-corrected chi connectivity index (χ4v) is 3.20. The van der Waals surface area contributed by atoms with Gasteiger partial charge in [0.2, 0.25) is 5.75 Å². The third-order valence-corrected chi connectivity index (χ3v) is 4.58. The van der Waals surface area contributed by atoms with Crippen molar-refractivity contribution in [2.75, 3.05) is 52.4 Å². The summed E-state index contributed by atoms with van der Waals surface area (Å²) in [6.45, 7) is 6.07. The molecule has 1 fully saturated rings. The molecule has 0 amide bonds. The highest BCUT2D eigenvalue weighted by Crippen LogP contribution is 2.42. The van der Waals surface area contributed by atoms with Crippen molar-refractivity contribution in [3.63, 3.8) is 0 Å². The first-order valence-corrected chi connectivity index (χ1v) is 8.71. The van der Waals surface area contributed by atoms with Gasteiger partial charge in [-0.05, 0) is 19.1 Å². The minimum Gasteiger partial charge on any atom is -0.493 e. The number of hydrogen-bond donors (Lipinski definition) is 1. The summed E-state index contributed by atoms with van der Waals surface area (Å²) in [5.41, 5.74) is 2.32. The lowest BCUT2D eigenvalue weighted by molar-refractivity contribution is 0.321. The molecule has 3 rings (SSSR count). The predicted molar refractivity (Wildman–Crippen MR) is 102 cm³/mol. The molecule has 0 unspecified atom stereocenters. The molecule has 1 N–H and O–H groups in total. The van der Waals surface area contributed by atoms with Crippen LogP contribution in [0.3, 0.4) is 0 Å². The van der Waals surface area contributed by atoms with Crippen molar-refractivity contribution < 1.29 is 18.9 Å². The molecule has 2 aromatic carbocycles. The van der Waals surface area contributed by atoms with Gasteiger partial charge in [0.1, 0.15) is 11.5 Å². The van der Waals surface area contributed by atoms with Gasteiger partial charge in [0, 0.05) is 49.6 Å². The Kier molecular flexibility index (Phi) is 5.73. The summed E-state index contributed by atoms with van der Waals surface area (Å²) in [4.78, 5) is 2.38. The maximum atomic E-state index is 6.17. The summed E-state index contributed by atoms with van der Waals surface area (Å²) in [5.74, 6) is 3.14. The number of ether oxygens (including phenoxy) is 4. The Morgan fingerprint density at radius 2 is 1.54 bits per heavy atom. The SMILES string of the molecule is COc1cc(Oc2cccc(N3CCNCC3)c2C)cc(OC)c1OC. The Morgan fingerprint density at radius 3 is 2.12 bits per heavy atom. The van der Waals surface area contributed by atoms with Gasteiger partial charge in [-0.25, -0.2) is 0 Å². The van der Waals surface area contributed by atoms with Crippen LogP contribution in [0.25, 0.3) is 0 Å². The van der Waals surface area contributed by atoms with Crippen LogP contribution in [0.15, 0.2) is 30.3 Å². The molecule has 2 aromatic rings. The molecule has 26 heavy (non-hydrogen) atoms. The van der Waals surface area contributed by atoms with Crippen molar-refractivity contribution in [3.8, 4) is 28.7 Å². The van der Waals surface area contributed by atoms with E-state index in [9.17, 15) is 0 Å². The van der Waals surface area contributed by atoms with Crippen LogP contribution in [-0.2, 0) is 0 Å². The summed E-state index contributed by atoms with van der Waals surface area (Å²) < 4.78 is 22.3. The Labute approximate surface area is 154 Å². The number of piperazine rings is 1. The number of nitrogens with one attached hydrogen (secondary N) is 1. The Balaban J connectivity index is 1.91. The average Bonchev–Trinajstić information content (AvgIpc) is 2.69. The maximum Gasteiger partial charge on any atom is 0.203 e. The van der Waals surface area contributed by atoms with Crippen LogP contribution in [0, 0.1) is 6.92 Å². The average molecular weight is 358 g/mol. The molecule has 1 heterocycles. The van der Waals surface area contributed by atoms with Gasteiger partial charge in [-0.3, -0.25) is 0 Å². The largest absolute Gasteiger partial charge is 0.493 e. The molecule has 0 spiro atoms. The Bertz CT molecular complexity index is 732. The number of rotatable bonds is 6. The second-order valence-electron chi connectivity index (χ2n) is 6.10. The molecule has 1 saturated heterocycles. The van der Waals surface area contributed by atoms with Gasteiger partial charge in [-0.1, -0.05) is 6.07 Å². The molecule has 1 aliphatic rings. The van der Waals surface area contributed by atoms with E-state index in [1.54, 1.807) is 33.5 Å². The maximum absolute atomic E-state index is 6.17. The monoisotopic (exact) mass is 358 g/mol. The number of benzene rings is 2. The lowest BCUT2D eigenvalue weighted by Gasteiger charge is -2.31.